The number of nitrogens with zero attached hydrogens (tertiary/aromatic N) is 2. The maximum atomic E-state index is 14.4. The van der Waals surface area contributed by atoms with Gasteiger partial charge in [-0.2, -0.15) is 0 Å². The van der Waals surface area contributed by atoms with Crippen LogP contribution in [0.1, 0.15) is 57.8 Å². The van der Waals surface area contributed by atoms with Crippen LogP contribution in [0.2, 0.25) is 0 Å². The predicted octanol–water partition coefficient (Wildman–Crippen LogP) is 2.70. The van der Waals surface area contributed by atoms with Crippen LogP contribution in [0.3, 0.4) is 0 Å². The van der Waals surface area contributed by atoms with Gasteiger partial charge in [0.15, 0.2) is 6.17 Å². The average Bonchev–Trinajstić information content (AvgIpc) is 2.62. The molecular weight excluding hydrogens is 309 g/mol. The second-order valence-corrected chi connectivity index (χ2v) is 7.54. The normalized spacial score (nSPS) is 25.5. The molecule has 1 atom stereocenters. The van der Waals surface area contributed by atoms with Gasteiger partial charge in [0.1, 0.15) is 0 Å². The highest BCUT2D eigenvalue weighted by molar-refractivity contribution is 5.81. The lowest BCUT2D eigenvalue weighted by Crippen LogP contribution is -2.55. The highest BCUT2D eigenvalue weighted by Crippen LogP contribution is 2.29. The fourth-order valence-electron chi connectivity index (χ4n) is 4.41. The maximum Gasteiger partial charge on any atom is 0.317 e. The van der Waals surface area contributed by atoms with Gasteiger partial charge < -0.3 is 15.1 Å². The molecule has 3 amide bonds. The molecule has 6 heteroatoms. The fraction of sp³-hybridized carbons (Fsp3) is 0.889. The molecule has 1 N–H and O–H groups in total. The van der Waals surface area contributed by atoms with Crippen LogP contribution >= 0.6 is 0 Å². The van der Waals surface area contributed by atoms with Gasteiger partial charge in [-0.1, -0.05) is 32.1 Å². The fourth-order valence-corrected chi connectivity index (χ4v) is 4.41. The summed E-state index contributed by atoms with van der Waals surface area (Å²) < 4.78 is 14.4. The van der Waals surface area contributed by atoms with Crippen molar-refractivity contribution in [3.05, 3.63) is 0 Å². The van der Waals surface area contributed by atoms with Crippen LogP contribution in [-0.4, -0.2) is 60.1 Å². The molecule has 2 aliphatic heterocycles. The average molecular weight is 339 g/mol. The number of nitrogens with one attached hydrogen (secondary N) is 1. The summed E-state index contributed by atoms with van der Waals surface area (Å²) >= 11 is 0. The molecular formula is C18H30FN3O2. The van der Waals surface area contributed by atoms with Crippen LogP contribution in [0.5, 0.6) is 0 Å². The van der Waals surface area contributed by atoms with E-state index in [-0.39, 0.29) is 18.0 Å². The van der Waals surface area contributed by atoms with Crippen molar-refractivity contribution >= 4 is 11.9 Å². The van der Waals surface area contributed by atoms with Crippen molar-refractivity contribution < 1.29 is 14.0 Å². The molecule has 5 nitrogen and oxygen atoms in total. The lowest BCUT2D eigenvalue weighted by Gasteiger charge is -2.40. The van der Waals surface area contributed by atoms with E-state index in [9.17, 15) is 14.0 Å². The second-order valence-electron chi connectivity index (χ2n) is 7.54. The zero-order valence-electron chi connectivity index (χ0n) is 14.5. The highest BCUT2D eigenvalue weighted by atomic mass is 19.1. The van der Waals surface area contributed by atoms with Crippen LogP contribution < -0.4 is 5.32 Å². The zero-order chi connectivity index (χ0) is 16.9. The third-order valence-electron chi connectivity index (χ3n) is 5.86. The molecule has 2 heterocycles. The molecule has 24 heavy (non-hydrogen) atoms. The summed E-state index contributed by atoms with van der Waals surface area (Å²) in [6.45, 7) is 2.67. The number of urea groups is 1. The number of piperidine rings is 1. The van der Waals surface area contributed by atoms with E-state index in [1.54, 1.807) is 4.90 Å². The Hall–Kier alpha value is -1.33. The van der Waals surface area contributed by atoms with Gasteiger partial charge in [0.2, 0.25) is 0 Å². The molecule has 0 aromatic carbocycles. The maximum absolute atomic E-state index is 14.4. The number of hydrogen-bond acceptors (Lipinski definition) is 2. The van der Waals surface area contributed by atoms with E-state index >= 15 is 0 Å². The molecule has 0 radical (unpaired) electrons. The van der Waals surface area contributed by atoms with Crippen LogP contribution in [0.15, 0.2) is 0 Å². The summed E-state index contributed by atoms with van der Waals surface area (Å²) in [7, 11) is 0. The molecule has 1 saturated carbocycles. The first-order valence-corrected chi connectivity index (χ1v) is 9.62. The van der Waals surface area contributed by atoms with Crippen molar-refractivity contribution in [3.63, 3.8) is 0 Å². The number of carbonyl (C=O) groups excluding carboxylic acids is 2. The monoisotopic (exact) mass is 339 g/mol. The largest absolute Gasteiger partial charge is 0.340 e. The van der Waals surface area contributed by atoms with Crippen LogP contribution in [-0.2, 0) is 4.79 Å². The minimum atomic E-state index is -1.34. The molecule has 0 aromatic heterocycles. The van der Waals surface area contributed by atoms with E-state index < -0.39 is 6.17 Å². The Morgan fingerprint density at radius 1 is 1.08 bits per heavy atom. The van der Waals surface area contributed by atoms with E-state index in [1.165, 1.54) is 19.3 Å². The second kappa shape index (κ2) is 8.17. The molecule has 0 unspecified atom stereocenters. The summed E-state index contributed by atoms with van der Waals surface area (Å²) in [5.41, 5.74) is 0. The Labute approximate surface area is 143 Å². The number of halogens is 1. The third-order valence-corrected chi connectivity index (χ3v) is 5.86. The minimum absolute atomic E-state index is 0.00620. The summed E-state index contributed by atoms with van der Waals surface area (Å²) in [5.74, 6) is 0.0504. The first kappa shape index (κ1) is 17.5. The van der Waals surface area contributed by atoms with Crippen LogP contribution in [0.4, 0.5) is 9.18 Å². The van der Waals surface area contributed by atoms with Crippen LogP contribution in [0, 0.1) is 5.92 Å². The van der Waals surface area contributed by atoms with Crippen molar-refractivity contribution in [2.45, 2.75) is 70.0 Å². The number of rotatable bonds is 4. The smallest absolute Gasteiger partial charge is 0.317 e. The van der Waals surface area contributed by atoms with Gasteiger partial charge in [-0.05, 0) is 31.6 Å². The molecule has 3 aliphatic rings. The van der Waals surface area contributed by atoms with Gasteiger partial charge in [-0.25, -0.2) is 9.18 Å². The van der Waals surface area contributed by atoms with E-state index in [4.69, 9.17) is 0 Å². The molecule has 136 valence electrons. The quantitative estimate of drug-likeness (QED) is 0.856. The number of likely N-dealkylation sites (tertiary alicyclic amines) is 1. The van der Waals surface area contributed by atoms with Gasteiger partial charge in [0.05, 0.1) is 0 Å². The Bertz CT molecular complexity index is 446. The summed E-state index contributed by atoms with van der Waals surface area (Å²) in [5, 5.41) is 2.87. The molecule has 0 spiro atoms. The van der Waals surface area contributed by atoms with Gasteiger partial charge in [-0.3, -0.25) is 4.79 Å². The Balaban J connectivity index is 1.45. The van der Waals surface area contributed by atoms with Crippen molar-refractivity contribution in [1.29, 1.82) is 0 Å². The van der Waals surface area contributed by atoms with Crippen molar-refractivity contribution in [2.24, 2.45) is 5.92 Å². The Kier molecular flexibility index (Phi) is 5.95. The first-order chi connectivity index (χ1) is 11.6. The van der Waals surface area contributed by atoms with Crippen molar-refractivity contribution in [1.82, 2.24) is 15.1 Å². The zero-order valence-corrected chi connectivity index (χ0v) is 14.5. The highest BCUT2D eigenvalue weighted by Gasteiger charge is 2.33. The molecule has 3 fully saturated rings. The number of amides is 3. The van der Waals surface area contributed by atoms with E-state index in [0.29, 0.717) is 25.4 Å². The number of hydrogen-bond donors (Lipinski definition) is 1. The first-order valence-electron chi connectivity index (χ1n) is 9.62. The van der Waals surface area contributed by atoms with E-state index in [1.807, 2.05) is 4.90 Å². The molecule has 2 saturated heterocycles. The van der Waals surface area contributed by atoms with E-state index in [2.05, 4.69) is 5.32 Å². The molecule has 1 aliphatic carbocycles. The summed E-state index contributed by atoms with van der Waals surface area (Å²) in [6.07, 6.45) is 7.28. The standard InChI is InChI=1S/C18H30FN3O2/c19-16(13-14-5-2-1-3-6-14)17(23)21-11-7-15(8-12-21)22-10-4-9-20-18(22)24/h14-16H,1-13H2,(H,20,24)/t16-/m0/s1. The number of carbonyl (C=O) groups is 2. The molecule has 3 rings (SSSR count). The molecule has 0 aromatic rings. The van der Waals surface area contributed by atoms with Crippen LogP contribution in [0.25, 0.3) is 0 Å². The summed E-state index contributed by atoms with van der Waals surface area (Å²) in [4.78, 5) is 27.9. The minimum Gasteiger partial charge on any atom is -0.340 e. The van der Waals surface area contributed by atoms with E-state index in [0.717, 1.165) is 45.2 Å². The topological polar surface area (TPSA) is 52.7 Å². The SMILES string of the molecule is O=C([C@@H](F)CC1CCCCC1)N1CCC(N2CCCNC2=O)CC1. The number of alkyl halides is 1. The van der Waals surface area contributed by atoms with Gasteiger partial charge in [-0.15, -0.1) is 0 Å². The van der Waals surface area contributed by atoms with Gasteiger partial charge in [0.25, 0.3) is 5.91 Å². The Morgan fingerprint density at radius 3 is 2.46 bits per heavy atom. The lowest BCUT2D eigenvalue weighted by molar-refractivity contribution is -0.138. The molecule has 0 bridgehead atoms. The van der Waals surface area contributed by atoms with Gasteiger partial charge >= 0.3 is 6.03 Å². The predicted molar refractivity (Wildman–Crippen MR) is 90.4 cm³/mol. The van der Waals surface area contributed by atoms with Gasteiger partial charge in [0, 0.05) is 32.2 Å². The van der Waals surface area contributed by atoms with Crippen molar-refractivity contribution in [3.8, 4) is 0 Å². The lowest BCUT2D eigenvalue weighted by atomic mass is 9.85. The third kappa shape index (κ3) is 4.19. The Morgan fingerprint density at radius 2 is 1.79 bits per heavy atom. The summed E-state index contributed by atoms with van der Waals surface area (Å²) in [6, 6.07) is 0.192. The van der Waals surface area contributed by atoms with Crippen molar-refractivity contribution in [2.75, 3.05) is 26.2 Å².